The van der Waals surface area contributed by atoms with Crippen LogP contribution in [-0.4, -0.2) is 10.8 Å². The summed E-state index contributed by atoms with van der Waals surface area (Å²) in [6.45, 7) is 0. The number of nitrogens with one attached hydrogen (secondary N) is 2. The van der Waals surface area contributed by atoms with Crippen LogP contribution < -0.4 is 5.73 Å². The predicted molar refractivity (Wildman–Crippen MR) is 49.3 cm³/mol. The van der Waals surface area contributed by atoms with Crippen molar-refractivity contribution in [1.29, 1.82) is 5.41 Å². The summed E-state index contributed by atoms with van der Waals surface area (Å²) in [4.78, 5) is 2.96. The van der Waals surface area contributed by atoms with Gasteiger partial charge in [-0.05, 0) is 5.39 Å². The van der Waals surface area contributed by atoms with Gasteiger partial charge in [-0.1, -0.05) is 24.3 Å². The number of hydrogen-bond donors (Lipinski definition) is 3. The summed E-state index contributed by atoms with van der Waals surface area (Å²) < 4.78 is 0. The van der Waals surface area contributed by atoms with E-state index in [1.54, 1.807) is 0 Å². The molecular weight excluding hydrogens is 150 g/mol. The second-order valence-corrected chi connectivity index (χ2v) is 2.66. The van der Waals surface area contributed by atoms with Crippen molar-refractivity contribution < 1.29 is 0 Å². The molecule has 3 heteroatoms. The van der Waals surface area contributed by atoms with Crippen LogP contribution in [0.4, 0.5) is 0 Å². The van der Waals surface area contributed by atoms with Gasteiger partial charge in [0, 0.05) is 11.6 Å². The summed E-state index contributed by atoms with van der Waals surface area (Å²) >= 11 is 0. The zero-order valence-corrected chi connectivity index (χ0v) is 6.46. The SMILES string of the molecule is N=C(N)c1[nH]cc2ccccc12. The molecule has 1 aromatic carbocycles. The maximum absolute atomic E-state index is 7.28. The molecule has 1 aromatic heterocycles. The van der Waals surface area contributed by atoms with Crippen molar-refractivity contribution >= 4 is 16.6 Å². The molecule has 1 heterocycles. The largest absolute Gasteiger partial charge is 0.382 e. The summed E-state index contributed by atoms with van der Waals surface area (Å²) in [6, 6.07) is 7.82. The van der Waals surface area contributed by atoms with E-state index in [0.29, 0.717) is 5.69 Å². The number of aromatic nitrogens is 1. The van der Waals surface area contributed by atoms with Crippen LogP contribution in [0.25, 0.3) is 10.8 Å². The van der Waals surface area contributed by atoms with Gasteiger partial charge in [-0.15, -0.1) is 0 Å². The molecule has 2 aromatic rings. The van der Waals surface area contributed by atoms with E-state index in [1.807, 2.05) is 30.5 Å². The van der Waals surface area contributed by atoms with Gasteiger partial charge in [0.15, 0.2) is 0 Å². The van der Waals surface area contributed by atoms with Gasteiger partial charge < -0.3 is 10.7 Å². The first-order chi connectivity index (χ1) is 5.79. The van der Waals surface area contributed by atoms with E-state index in [1.165, 1.54) is 0 Å². The Morgan fingerprint density at radius 3 is 2.83 bits per heavy atom. The zero-order valence-electron chi connectivity index (χ0n) is 6.46. The highest BCUT2D eigenvalue weighted by atomic mass is 14.8. The van der Waals surface area contributed by atoms with Gasteiger partial charge in [-0.25, -0.2) is 0 Å². The van der Waals surface area contributed by atoms with E-state index in [4.69, 9.17) is 11.1 Å². The van der Waals surface area contributed by atoms with Crippen LogP contribution in [-0.2, 0) is 0 Å². The van der Waals surface area contributed by atoms with Crippen molar-refractivity contribution in [2.24, 2.45) is 5.73 Å². The highest BCUT2D eigenvalue weighted by molar-refractivity contribution is 6.06. The molecule has 0 saturated carbocycles. The minimum atomic E-state index is 0.0798. The molecule has 0 atom stereocenters. The third-order valence-corrected chi connectivity index (χ3v) is 1.87. The molecule has 4 N–H and O–H groups in total. The first-order valence-electron chi connectivity index (χ1n) is 3.69. The summed E-state index contributed by atoms with van der Waals surface area (Å²) in [6.07, 6.45) is 1.85. The molecule has 0 bridgehead atoms. The number of aromatic amines is 1. The zero-order chi connectivity index (χ0) is 8.55. The number of fused-ring (bicyclic) bond motifs is 1. The molecule has 0 spiro atoms. The third-order valence-electron chi connectivity index (χ3n) is 1.87. The number of benzene rings is 1. The summed E-state index contributed by atoms with van der Waals surface area (Å²) in [5.41, 5.74) is 6.08. The van der Waals surface area contributed by atoms with Crippen LogP contribution in [0, 0.1) is 5.41 Å². The smallest absolute Gasteiger partial charge is 0.140 e. The minimum Gasteiger partial charge on any atom is -0.382 e. The maximum Gasteiger partial charge on any atom is 0.140 e. The molecular formula is C9H9N3. The predicted octanol–water partition coefficient (Wildman–Crippen LogP) is 1.45. The van der Waals surface area contributed by atoms with Crippen molar-refractivity contribution in [1.82, 2.24) is 4.98 Å². The average Bonchev–Trinajstić information content (AvgIpc) is 2.47. The second-order valence-electron chi connectivity index (χ2n) is 2.66. The second kappa shape index (κ2) is 2.37. The van der Waals surface area contributed by atoms with Crippen molar-refractivity contribution in [2.45, 2.75) is 0 Å². The number of nitrogen functional groups attached to an aromatic ring is 1. The summed E-state index contributed by atoms with van der Waals surface area (Å²) in [7, 11) is 0. The number of nitrogens with two attached hydrogens (primary N) is 1. The van der Waals surface area contributed by atoms with Crippen molar-refractivity contribution in [2.75, 3.05) is 0 Å². The Morgan fingerprint density at radius 2 is 2.08 bits per heavy atom. The first kappa shape index (κ1) is 6.91. The number of rotatable bonds is 1. The lowest BCUT2D eigenvalue weighted by atomic mass is 10.2. The minimum absolute atomic E-state index is 0.0798. The molecule has 0 amide bonds. The van der Waals surface area contributed by atoms with Gasteiger partial charge in [0.2, 0.25) is 0 Å². The first-order valence-corrected chi connectivity index (χ1v) is 3.69. The lowest BCUT2D eigenvalue weighted by Crippen LogP contribution is -2.11. The van der Waals surface area contributed by atoms with Crippen LogP contribution in [0.1, 0.15) is 5.69 Å². The molecule has 0 unspecified atom stereocenters. The topological polar surface area (TPSA) is 65.7 Å². The van der Waals surface area contributed by atoms with Crippen LogP contribution in [0.3, 0.4) is 0 Å². The fourth-order valence-electron chi connectivity index (χ4n) is 1.30. The maximum atomic E-state index is 7.28. The van der Waals surface area contributed by atoms with Crippen molar-refractivity contribution in [3.63, 3.8) is 0 Å². The third kappa shape index (κ3) is 0.871. The van der Waals surface area contributed by atoms with Gasteiger partial charge in [-0.2, -0.15) is 0 Å². The number of amidine groups is 1. The Hall–Kier alpha value is -1.77. The van der Waals surface area contributed by atoms with Crippen LogP contribution in [0.2, 0.25) is 0 Å². The molecule has 60 valence electrons. The lowest BCUT2D eigenvalue weighted by Gasteiger charge is -1.93. The molecule has 0 saturated heterocycles. The van der Waals surface area contributed by atoms with Gasteiger partial charge in [0.05, 0.1) is 5.69 Å². The Morgan fingerprint density at radius 1 is 1.33 bits per heavy atom. The van der Waals surface area contributed by atoms with E-state index in [9.17, 15) is 0 Å². The molecule has 0 aliphatic rings. The van der Waals surface area contributed by atoms with Crippen molar-refractivity contribution in [3.05, 3.63) is 36.2 Å². The van der Waals surface area contributed by atoms with E-state index in [0.717, 1.165) is 10.8 Å². The van der Waals surface area contributed by atoms with E-state index in [-0.39, 0.29) is 5.84 Å². The Balaban J connectivity index is 2.79. The molecule has 0 fully saturated rings. The van der Waals surface area contributed by atoms with Gasteiger partial charge in [0.1, 0.15) is 5.84 Å². The van der Waals surface area contributed by atoms with Crippen molar-refractivity contribution in [3.8, 4) is 0 Å². The molecule has 3 nitrogen and oxygen atoms in total. The fourth-order valence-corrected chi connectivity index (χ4v) is 1.30. The Kier molecular flexibility index (Phi) is 1.37. The number of hydrogen-bond acceptors (Lipinski definition) is 1. The van der Waals surface area contributed by atoms with Gasteiger partial charge >= 0.3 is 0 Å². The number of H-pyrrole nitrogens is 1. The molecule has 0 aliphatic heterocycles. The Bertz CT molecular complexity index is 428. The van der Waals surface area contributed by atoms with E-state index in [2.05, 4.69) is 4.98 Å². The highest BCUT2D eigenvalue weighted by Crippen LogP contribution is 2.16. The normalized spacial score (nSPS) is 10.3. The van der Waals surface area contributed by atoms with Crippen LogP contribution in [0.15, 0.2) is 30.5 Å². The quantitative estimate of drug-likeness (QED) is 0.428. The highest BCUT2D eigenvalue weighted by Gasteiger charge is 2.03. The summed E-state index contributed by atoms with van der Waals surface area (Å²) in [5.74, 6) is 0.0798. The fraction of sp³-hybridized carbons (Fsp3) is 0. The standard InChI is InChI=1S/C9H9N3/c10-9(11)8-7-4-2-1-3-6(7)5-12-8/h1-5,12H,(H3,10,11). The van der Waals surface area contributed by atoms with Crippen LogP contribution >= 0.6 is 0 Å². The molecule has 12 heavy (non-hydrogen) atoms. The van der Waals surface area contributed by atoms with Gasteiger partial charge in [0.25, 0.3) is 0 Å². The molecule has 0 radical (unpaired) electrons. The van der Waals surface area contributed by atoms with Gasteiger partial charge in [-0.3, -0.25) is 5.41 Å². The molecule has 0 aliphatic carbocycles. The van der Waals surface area contributed by atoms with Crippen LogP contribution in [0.5, 0.6) is 0 Å². The molecule has 2 rings (SSSR count). The summed E-state index contributed by atoms with van der Waals surface area (Å²) in [5, 5.41) is 9.37. The average molecular weight is 159 g/mol. The van der Waals surface area contributed by atoms with E-state index < -0.39 is 0 Å². The Labute approximate surface area is 69.7 Å². The van der Waals surface area contributed by atoms with E-state index >= 15 is 0 Å². The monoisotopic (exact) mass is 159 g/mol. The lowest BCUT2D eigenvalue weighted by molar-refractivity contribution is 1.33.